The van der Waals surface area contributed by atoms with Gasteiger partial charge in [-0.05, 0) is 39.7 Å². The fourth-order valence-corrected chi connectivity index (χ4v) is 4.57. The maximum atomic E-state index is 13.2. The summed E-state index contributed by atoms with van der Waals surface area (Å²) in [7, 11) is 0. The SMILES string of the molecule is Cc1cc(C)n2nc(C)c(C(=O)N3CCN(C(=O)C4CCCCC4)CC3)c2n1. The van der Waals surface area contributed by atoms with E-state index in [1.54, 1.807) is 4.52 Å². The van der Waals surface area contributed by atoms with Crippen LogP contribution < -0.4 is 0 Å². The van der Waals surface area contributed by atoms with Crippen LogP contribution in [-0.4, -0.2) is 62.4 Å². The standard InChI is InChI=1S/C21H29N5O2/c1-14-13-15(2)26-19(22-14)18(16(3)23-26)21(28)25-11-9-24(10-12-25)20(27)17-7-5-4-6-8-17/h13,17H,4-12H2,1-3H3. The third-order valence-corrected chi connectivity index (χ3v) is 6.12. The summed E-state index contributed by atoms with van der Waals surface area (Å²) in [5.74, 6) is 0.439. The molecular formula is C21H29N5O2. The van der Waals surface area contributed by atoms with E-state index >= 15 is 0 Å². The number of carbonyl (C=O) groups excluding carboxylic acids is 2. The summed E-state index contributed by atoms with van der Waals surface area (Å²) in [5, 5.41) is 4.52. The summed E-state index contributed by atoms with van der Waals surface area (Å²) in [6.07, 6.45) is 5.61. The van der Waals surface area contributed by atoms with Crippen molar-refractivity contribution in [1.82, 2.24) is 24.4 Å². The van der Waals surface area contributed by atoms with Gasteiger partial charge in [-0.25, -0.2) is 9.50 Å². The molecule has 0 radical (unpaired) electrons. The molecule has 2 aliphatic rings. The number of piperazine rings is 1. The van der Waals surface area contributed by atoms with Crippen molar-refractivity contribution < 1.29 is 9.59 Å². The average Bonchev–Trinajstić information content (AvgIpc) is 3.04. The Kier molecular flexibility index (Phi) is 5.08. The molecule has 7 nitrogen and oxygen atoms in total. The quantitative estimate of drug-likeness (QED) is 0.799. The maximum Gasteiger partial charge on any atom is 0.259 e. The van der Waals surface area contributed by atoms with Gasteiger partial charge in [-0.2, -0.15) is 5.10 Å². The number of aryl methyl sites for hydroxylation is 3. The van der Waals surface area contributed by atoms with Gasteiger partial charge in [-0.1, -0.05) is 19.3 Å². The third-order valence-electron chi connectivity index (χ3n) is 6.12. The van der Waals surface area contributed by atoms with Gasteiger partial charge in [-0.3, -0.25) is 9.59 Å². The monoisotopic (exact) mass is 383 g/mol. The fraction of sp³-hybridized carbons (Fsp3) is 0.619. The van der Waals surface area contributed by atoms with Gasteiger partial charge in [0, 0.05) is 43.5 Å². The van der Waals surface area contributed by atoms with Crippen LogP contribution in [0.15, 0.2) is 6.07 Å². The predicted octanol–water partition coefficient (Wildman–Crippen LogP) is 2.52. The Bertz CT molecular complexity index is 905. The lowest BCUT2D eigenvalue weighted by Gasteiger charge is -2.37. The molecule has 3 heterocycles. The second-order valence-corrected chi connectivity index (χ2v) is 8.19. The van der Waals surface area contributed by atoms with Gasteiger partial charge in [0.2, 0.25) is 5.91 Å². The zero-order chi connectivity index (χ0) is 19.8. The van der Waals surface area contributed by atoms with Gasteiger partial charge in [-0.15, -0.1) is 0 Å². The van der Waals surface area contributed by atoms with Crippen LogP contribution in [0.3, 0.4) is 0 Å². The first-order valence-corrected chi connectivity index (χ1v) is 10.4. The van der Waals surface area contributed by atoms with Crippen molar-refractivity contribution >= 4 is 17.5 Å². The summed E-state index contributed by atoms with van der Waals surface area (Å²) in [5.41, 5.74) is 3.75. The van der Waals surface area contributed by atoms with E-state index in [2.05, 4.69) is 10.1 Å². The first-order chi connectivity index (χ1) is 13.5. The average molecular weight is 383 g/mol. The van der Waals surface area contributed by atoms with Crippen molar-refractivity contribution in [2.24, 2.45) is 5.92 Å². The Morgan fingerprint density at radius 1 is 0.964 bits per heavy atom. The minimum Gasteiger partial charge on any atom is -0.339 e. The number of amides is 2. The number of aromatic nitrogens is 3. The van der Waals surface area contributed by atoms with Crippen LogP contribution in [0.25, 0.3) is 5.65 Å². The number of nitrogens with zero attached hydrogens (tertiary/aromatic N) is 5. The predicted molar refractivity (Wildman–Crippen MR) is 106 cm³/mol. The smallest absolute Gasteiger partial charge is 0.259 e. The molecule has 2 aromatic heterocycles. The van der Waals surface area contributed by atoms with Gasteiger partial charge >= 0.3 is 0 Å². The van der Waals surface area contributed by atoms with Crippen LogP contribution in [0.2, 0.25) is 0 Å². The number of carbonyl (C=O) groups is 2. The van der Waals surface area contributed by atoms with E-state index in [4.69, 9.17) is 0 Å². The van der Waals surface area contributed by atoms with Crippen LogP contribution in [0, 0.1) is 26.7 Å². The van der Waals surface area contributed by atoms with E-state index in [0.29, 0.717) is 43.1 Å². The summed E-state index contributed by atoms with van der Waals surface area (Å²) in [6.45, 7) is 8.13. The second kappa shape index (κ2) is 7.53. The molecule has 2 aromatic rings. The van der Waals surface area contributed by atoms with E-state index < -0.39 is 0 Å². The van der Waals surface area contributed by atoms with Crippen molar-refractivity contribution in [3.05, 3.63) is 28.7 Å². The number of hydrogen-bond acceptors (Lipinski definition) is 4. The Labute approximate surface area is 165 Å². The van der Waals surface area contributed by atoms with Gasteiger partial charge in [0.05, 0.1) is 5.69 Å². The van der Waals surface area contributed by atoms with Crippen LogP contribution in [0.1, 0.15) is 59.5 Å². The number of rotatable bonds is 2. The van der Waals surface area contributed by atoms with Gasteiger partial charge in [0.15, 0.2) is 5.65 Å². The summed E-state index contributed by atoms with van der Waals surface area (Å²) >= 11 is 0. The van der Waals surface area contributed by atoms with Gasteiger partial charge in [0.25, 0.3) is 5.91 Å². The van der Waals surface area contributed by atoms with E-state index in [-0.39, 0.29) is 17.7 Å². The van der Waals surface area contributed by atoms with E-state index in [0.717, 1.165) is 37.1 Å². The molecule has 1 aliphatic heterocycles. The molecule has 28 heavy (non-hydrogen) atoms. The lowest BCUT2D eigenvalue weighted by molar-refractivity contribution is -0.138. The fourth-order valence-electron chi connectivity index (χ4n) is 4.57. The van der Waals surface area contributed by atoms with Crippen LogP contribution in [0.5, 0.6) is 0 Å². The van der Waals surface area contributed by atoms with Crippen molar-refractivity contribution in [2.75, 3.05) is 26.2 Å². The molecule has 2 fully saturated rings. The molecule has 0 unspecified atom stereocenters. The molecule has 1 aliphatic carbocycles. The Hall–Kier alpha value is -2.44. The van der Waals surface area contributed by atoms with E-state index in [1.807, 2.05) is 36.6 Å². The van der Waals surface area contributed by atoms with Crippen LogP contribution in [0.4, 0.5) is 0 Å². The third kappa shape index (κ3) is 3.38. The lowest BCUT2D eigenvalue weighted by Crippen LogP contribution is -2.52. The molecule has 0 atom stereocenters. The highest BCUT2D eigenvalue weighted by Gasteiger charge is 2.31. The highest BCUT2D eigenvalue weighted by atomic mass is 16.2. The van der Waals surface area contributed by atoms with E-state index in [1.165, 1.54) is 6.42 Å². The minimum atomic E-state index is -0.0326. The molecule has 0 N–H and O–H groups in total. The second-order valence-electron chi connectivity index (χ2n) is 8.19. The summed E-state index contributed by atoms with van der Waals surface area (Å²) < 4.78 is 1.75. The first kappa shape index (κ1) is 18.9. The number of hydrogen-bond donors (Lipinski definition) is 0. The highest BCUT2D eigenvalue weighted by molar-refractivity contribution is 6.01. The largest absolute Gasteiger partial charge is 0.339 e. The maximum absolute atomic E-state index is 13.2. The van der Waals surface area contributed by atoms with Gasteiger partial charge < -0.3 is 9.80 Å². The minimum absolute atomic E-state index is 0.0326. The lowest BCUT2D eigenvalue weighted by atomic mass is 9.88. The molecular weight excluding hydrogens is 354 g/mol. The molecule has 150 valence electrons. The summed E-state index contributed by atoms with van der Waals surface area (Å²) in [6, 6.07) is 1.96. The molecule has 7 heteroatoms. The molecule has 1 saturated heterocycles. The Morgan fingerprint density at radius 2 is 1.61 bits per heavy atom. The zero-order valence-electron chi connectivity index (χ0n) is 17.1. The Balaban J connectivity index is 1.48. The Morgan fingerprint density at radius 3 is 2.29 bits per heavy atom. The molecule has 0 spiro atoms. The number of fused-ring (bicyclic) bond motifs is 1. The molecule has 4 rings (SSSR count). The topological polar surface area (TPSA) is 70.8 Å². The van der Waals surface area contributed by atoms with Crippen LogP contribution in [-0.2, 0) is 4.79 Å². The van der Waals surface area contributed by atoms with Gasteiger partial charge in [0.1, 0.15) is 5.56 Å². The normalized spacial score (nSPS) is 18.7. The zero-order valence-corrected chi connectivity index (χ0v) is 17.1. The highest BCUT2D eigenvalue weighted by Crippen LogP contribution is 2.26. The van der Waals surface area contributed by atoms with E-state index in [9.17, 15) is 9.59 Å². The van der Waals surface area contributed by atoms with Crippen LogP contribution >= 0.6 is 0 Å². The molecule has 1 saturated carbocycles. The van der Waals surface area contributed by atoms with Crippen molar-refractivity contribution in [3.63, 3.8) is 0 Å². The van der Waals surface area contributed by atoms with Crippen molar-refractivity contribution in [1.29, 1.82) is 0 Å². The molecule has 0 aromatic carbocycles. The molecule has 2 amide bonds. The first-order valence-electron chi connectivity index (χ1n) is 10.4. The molecule has 0 bridgehead atoms. The van der Waals surface area contributed by atoms with Crippen molar-refractivity contribution in [3.8, 4) is 0 Å². The summed E-state index contributed by atoms with van der Waals surface area (Å²) in [4.78, 5) is 34.3. The van der Waals surface area contributed by atoms with Crippen molar-refractivity contribution in [2.45, 2.75) is 52.9 Å².